The predicted molar refractivity (Wildman–Crippen MR) is 41.3 cm³/mol. The molecule has 0 saturated carbocycles. The van der Waals surface area contributed by atoms with Crippen molar-refractivity contribution in [1.29, 1.82) is 0 Å². The highest BCUT2D eigenvalue weighted by atomic mass is 32.2. The largest absolute Gasteiger partial charge is 0.479 e. The molecule has 0 bridgehead atoms. The summed E-state index contributed by atoms with van der Waals surface area (Å²) in [6, 6.07) is 0. The maximum Gasteiger partial charge on any atom is 0.337 e. The van der Waals surface area contributed by atoms with Crippen LogP contribution in [0.1, 0.15) is 6.92 Å². The minimum Gasteiger partial charge on any atom is -0.479 e. The first-order chi connectivity index (χ1) is 5.13. The average molecular weight is 175 g/mol. The Morgan fingerprint density at radius 2 is 2.27 bits per heavy atom. The van der Waals surface area contributed by atoms with Gasteiger partial charge in [-0.1, -0.05) is 0 Å². The van der Waals surface area contributed by atoms with Crippen LogP contribution in [0.2, 0.25) is 0 Å². The average Bonchev–Trinajstić information content (AvgIpc) is 2.32. The maximum atomic E-state index is 10.8. The van der Waals surface area contributed by atoms with E-state index in [4.69, 9.17) is 5.11 Å². The zero-order chi connectivity index (χ0) is 8.43. The fourth-order valence-corrected chi connectivity index (χ4v) is 2.10. The molecule has 0 spiro atoms. The number of thioether (sulfide) groups is 1. The van der Waals surface area contributed by atoms with Gasteiger partial charge in [0.25, 0.3) is 0 Å². The van der Waals surface area contributed by atoms with Crippen molar-refractivity contribution >= 4 is 23.6 Å². The van der Waals surface area contributed by atoms with Gasteiger partial charge < -0.3 is 10.0 Å². The minimum atomic E-state index is -0.928. The summed E-state index contributed by atoms with van der Waals surface area (Å²) in [6.45, 7) is 1.94. The highest BCUT2D eigenvalue weighted by molar-refractivity contribution is 8.00. The molecule has 5 heteroatoms. The normalized spacial score (nSPS) is 23.7. The number of rotatable bonds is 1. The second-order valence-corrected chi connectivity index (χ2v) is 3.46. The Labute approximate surface area is 68.6 Å². The number of carbonyl (C=O) groups is 2. The lowest BCUT2D eigenvalue weighted by molar-refractivity contribution is -0.144. The van der Waals surface area contributed by atoms with Crippen LogP contribution in [0, 0.1) is 0 Å². The summed E-state index contributed by atoms with van der Waals surface area (Å²) in [5.41, 5.74) is 0. The molecule has 1 atom stereocenters. The van der Waals surface area contributed by atoms with E-state index < -0.39 is 11.3 Å². The second kappa shape index (κ2) is 3.13. The van der Waals surface area contributed by atoms with Crippen LogP contribution in [-0.4, -0.2) is 39.6 Å². The molecule has 1 N–H and O–H groups in total. The molecule has 1 fully saturated rings. The molecule has 0 unspecified atom stereocenters. The molecule has 0 radical (unpaired) electrons. The monoisotopic (exact) mass is 175 g/mol. The lowest BCUT2D eigenvalue weighted by atomic mass is 10.4. The molecule has 1 heterocycles. The number of amides is 1. The molecular formula is C6H9NO3S. The van der Waals surface area contributed by atoms with Crippen molar-refractivity contribution in [3.05, 3.63) is 0 Å². The van der Waals surface area contributed by atoms with Crippen LogP contribution in [0.5, 0.6) is 0 Å². The summed E-state index contributed by atoms with van der Waals surface area (Å²) in [6.07, 6.45) is 0. The van der Waals surface area contributed by atoms with Crippen LogP contribution < -0.4 is 0 Å². The van der Waals surface area contributed by atoms with Crippen molar-refractivity contribution in [3.8, 4) is 0 Å². The summed E-state index contributed by atoms with van der Waals surface area (Å²) in [5.74, 6) is -0.374. The van der Waals surface area contributed by atoms with Gasteiger partial charge in [0.2, 0.25) is 5.91 Å². The number of hydrogen-bond donors (Lipinski definition) is 1. The Kier molecular flexibility index (Phi) is 2.38. The minimum absolute atomic E-state index is 0.164. The topological polar surface area (TPSA) is 57.6 Å². The van der Waals surface area contributed by atoms with E-state index >= 15 is 0 Å². The van der Waals surface area contributed by atoms with Crippen molar-refractivity contribution in [2.24, 2.45) is 0 Å². The first kappa shape index (κ1) is 8.39. The number of carboxylic acid groups (broad SMARTS) is 1. The lowest BCUT2D eigenvalue weighted by Crippen LogP contribution is -2.37. The standard InChI is InChI=1S/C6H9NO3S/c1-4(8)7-2-3-11-5(7)6(9)10/h5H,2-3H2,1H3,(H,9,10)/t5-/m1/s1. The summed E-state index contributed by atoms with van der Waals surface area (Å²) in [4.78, 5) is 22.7. The molecule has 11 heavy (non-hydrogen) atoms. The van der Waals surface area contributed by atoms with E-state index in [0.717, 1.165) is 5.75 Å². The van der Waals surface area contributed by atoms with Crippen LogP contribution in [0.3, 0.4) is 0 Å². The van der Waals surface area contributed by atoms with E-state index in [1.807, 2.05) is 0 Å². The van der Waals surface area contributed by atoms with E-state index in [2.05, 4.69) is 0 Å². The molecule has 1 aliphatic rings. The van der Waals surface area contributed by atoms with Gasteiger partial charge in [0.1, 0.15) is 0 Å². The second-order valence-electron chi connectivity index (χ2n) is 2.27. The molecule has 0 aliphatic carbocycles. The van der Waals surface area contributed by atoms with E-state index in [-0.39, 0.29) is 5.91 Å². The quantitative estimate of drug-likeness (QED) is 0.609. The van der Waals surface area contributed by atoms with Gasteiger partial charge in [0, 0.05) is 19.2 Å². The van der Waals surface area contributed by atoms with Crippen LogP contribution in [-0.2, 0) is 9.59 Å². The van der Waals surface area contributed by atoms with Crippen LogP contribution in [0.15, 0.2) is 0 Å². The summed E-state index contributed by atoms with van der Waals surface area (Å²) < 4.78 is 0. The molecule has 62 valence electrons. The Morgan fingerprint density at radius 1 is 1.64 bits per heavy atom. The zero-order valence-electron chi connectivity index (χ0n) is 6.11. The lowest BCUT2D eigenvalue weighted by Gasteiger charge is -2.17. The molecular weight excluding hydrogens is 166 g/mol. The third-order valence-electron chi connectivity index (χ3n) is 1.51. The van der Waals surface area contributed by atoms with Crippen LogP contribution in [0.25, 0.3) is 0 Å². The number of aliphatic carboxylic acids is 1. The molecule has 0 aromatic carbocycles. The summed E-state index contributed by atoms with van der Waals surface area (Å²) in [7, 11) is 0. The molecule has 1 aliphatic heterocycles. The molecule has 4 nitrogen and oxygen atoms in total. The summed E-state index contributed by atoms with van der Waals surface area (Å²) in [5, 5.41) is 7.96. The first-order valence-electron chi connectivity index (χ1n) is 3.24. The molecule has 1 rings (SSSR count). The summed E-state index contributed by atoms with van der Waals surface area (Å²) >= 11 is 1.29. The van der Waals surface area contributed by atoms with Crippen LogP contribution in [0.4, 0.5) is 0 Å². The van der Waals surface area contributed by atoms with Crippen molar-refractivity contribution in [3.63, 3.8) is 0 Å². The fourth-order valence-electron chi connectivity index (χ4n) is 0.997. The number of nitrogens with zero attached hydrogens (tertiary/aromatic N) is 1. The van der Waals surface area contributed by atoms with Gasteiger partial charge >= 0.3 is 5.97 Å². The maximum absolute atomic E-state index is 10.8. The molecule has 0 aromatic rings. The zero-order valence-corrected chi connectivity index (χ0v) is 6.93. The molecule has 0 aromatic heterocycles. The van der Waals surface area contributed by atoms with Crippen molar-refractivity contribution in [1.82, 2.24) is 4.90 Å². The highest BCUT2D eigenvalue weighted by Gasteiger charge is 2.32. The fraction of sp³-hybridized carbons (Fsp3) is 0.667. The van der Waals surface area contributed by atoms with Gasteiger partial charge in [-0.05, 0) is 0 Å². The van der Waals surface area contributed by atoms with E-state index in [0.29, 0.717) is 6.54 Å². The van der Waals surface area contributed by atoms with E-state index in [1.54, 1.807) is 0 Å². The Balaban J connectivity index is 2.65. The number of carboxylic acids is 1. The van der Waals surface area contributed by atoms with Crippen molar-refractivity contribution in [2.45, 2.75) is 12.3 Å². The van der Waals surface area contributed by atoms with E-state index in [1.165, 1.54) is 23.6 Å². The third-order valence-corrected chi connectivity index (χ3v) is 2.70. The van der Waals surface area contributed by atoms with Gasteiger partial charge in [-0.3, -0.25) is 4.79 Å². The van der Waals surface area contributed by atoms with Crippen molar-refractivity contribution in [2.75, 3.05) is 12.3 Å². The van der Waals surface area contributed by atoms with Gasteiger partial charge in [-0.25, -0.2) is 4.79 Å². The van der Waals surface area contributed by atoms with Gasteiger partial charge in [-0.15, -0.1) is 11.8 Å². The van der Waals surface area contributed by atoms with Gasteiger partial charge in [0.05, 0.1) is 0 Å². The molecule has 1 amide bonds. The predicted octanol–water partition coefficient (Wildman–Crippen LogP) is -0.00760. The van der Waals surface area contributed by atoms with Gasteiger partial charge in [-0.2, -0.15) is 0 Å². The third kappa shape index (κ3) is 1.65. The first-order valence-corrected chi connectivity index (χ1v) is 4.29. The van der Waals surface area contributed by atoms with Gasteiger partial charge in [0.15, 0.2) is 5.37 Å². The van der Waals surface area contributed by atoms with Crippen LogP contribution >= 0.6 is 11.8 Å². The van der Waals surface area contributed by atoms with E-state index in [9.17, 15) is 9.59 Å². The SMILES string of the molecule is CC(=O)N1CCS[C@@H]1C(=O)O. The Morgan fingerprint density at radius 3 is 2.64 bits per heavy atom. The smallest absolute Gasteiger partial charge is 0.337 e. The highest BCUT2D eigenvalue weighted by Crippen LogP contribution is 2.23. The van der Waals surface area contributed by atoms with Crippen molar-refractivity contribution < 1.29 is 14.7 Å². The Bertz CT molecular complexity index is 174. The molecule has 1 saturated heterocycles. The number of carbonyl (C=O) groups excluding carboxylic acids is 1. The number of hydrogen-bond acceptors (Lipinski definition) is 3. The Hall–Kier alpha value is -0.710.